The molecule has 0 radical (unpaired) electrons. The number of carbonyl (C=O) groups is 1. The largest absolute Gasteiger partial charge is 0.423 e. The lowest BCUT2D eigenvalue weighted by Crippen LogP contribution is -2.02. The second-order valence-electron chi connectivity index (χ2n) is 5.49. The molecule has 0 spiro atoms. The fourth-order valence-electron chi connectivity index (χ4n) is 2.34. The van der Waals surface area contributed by atoms with Gasteiger partial charge in [0.2, 0.25) is 0 Å². The van der Waals surface area contributed by atoms with E-state index < -0.39 is 5.97 Å². The summed E-state index contributed by atoms with van der Waals surface area (Å²) < 4.78 is 5.05. The molecule has 0 aliphatic carbocycles. The molecule has 0 aromatic heterocycles. The number of benzene rings is 1. The van der Waals surface area contributed by atoms with Gasteiger partial charge in [0.25, 0.3) is 0 Å². The molecule has 0 amide bonds. The number of carbonyl (C=O) groups excluding carboxylic acids is 1. The Hall–Kier alpha value is -1.57. The van der Waals surface area contributed by atoms with Crippen LogP contribution in [0, 0.1) is 0 Å². The highest BCUT2D eigenvalue weighted by atomic mass is 16.5. The van der Waals surface area contributed by atoms with Crippen LogP contribution < -0.4 is 4.74 Å². The van der Waals surface area contributed by atoms with Gasteiger partial charge in [-0.3, -0.25) is 0 Å². The van der Waals surface area contributed by atoms with Gasteiger partial charge in [-0.05, 0) is 30.5 Å². The molecule has 1 rings (SSSR count). The summed E-state index contributed by atoms with van der Waals surface area (Å²) in [7, 11) is 0. The predicted molar refractivity (Wildman–Crippen MR) is 88.6 cm³/mol. The van der Waals surface area contributed by atoms with Crippen LogP contribution in [0.3, 0.4) is 0 Å². The van der Waals surface area contributed by atoms with Crippen LogP contribution in [0.1, 0.15) is 63.9 Å². The second-order valence-corrected chi connectivity index (χ2v) is 5.49. The van der Waals surface area contributed by atoms with Gasteiger partial charge in [0.05, 0.1) is 0 Å². The van der Waals surface area contributed by atoms with E-state index in [1.165, 1.54) is 63.0 Å². The Balaban J connectivity index is 2.12. The Bertz CT molecular complexity index is 406. The number of aryl methyl sites for hydroxylation is 1. The first-order chi connectivity index (χ1) is 10.3. The van der Waals surface area contributed by atoms with Crippen LogP contribution in [0.15, 0.2) is 36.9 Å². The fourth-order valence-corrected chi connectivity index (χ4v) is 2.34. The van der Waals surface area contributed by atoms with Crippen LogP contribution in [-0.4, -0.2) is 5.97 Å². The van der Waals surface area contributed by atoms with Gasteiger partial charge in [0.15, 0.2) is 0 Å². The number of unbranched alkanes of at least 4 members (excludes halogenated alkanes) is 7. The first kappa shape index (κ1) is 17.5. The molecule has 0 saturated carbocycles. The number of rotatable bonds is 11. The van der Waals surface area contributed by atoms with Gasteiger partial charge in [0, 0.05) is 6.08 Å². The van der Waals surface area contributed by atoms with E-state index in [-0.39, 0.29) is 0 Å². The number of esters is 1. The van der Waals surface area contributed by atoms with Gasteiger partial charge in [-0.25, -0.2) is 4.79 Å². The maximum Gasteiger partial charge on any atom is 0.335 e. The Morgan fingerprint density at radius 2 is 1.57 bits per heavy atom. The highest BCUT2D eigenvalue weighted by Gasteiger charge is 2.00. The summed E-state index contributed by atoms with van der Waals surface area (Å²) in [6.45, 7) is 5.63. The van der Waals surface area contributed by atoms with Crippen molar-refractivity contribution in [2.24, 2.45) is 0 Å². The van der Waals surface area contributed by atoms with E-state index in [1.54, 1.807) is 0 Å². The van der Waals surface area contributed by atoms with Crippen LogP contribution in [-0.2, 0) is 11.2 Å². The average molecular weight is 288 g/mol. The second kappa shape index (κ2) is 11.1. The summed E-state index contributed by atoms with van der Waals surface area (Å²) in [5, 5.41) is 0. The highest BCUT2D eigenvalue weighted by molar-refractivity contribution is 5.83. The van der Waals surface area contributed by atoms with E-state index in [2.05, 4.69) is 13.5 Å². The molecule has 0 bridgehead atoms. The average Bonchev–Trinajstić information content (AvgIpc) is 2.51. The molecule has 0 N–H and O–H groups in total. The Labute approximate surface area is 129 Å². The number of ether oxygens (including phenoxy) is 1. The molecular weight excluding hydrogens is 260 g/mol. The van der Waals surface area contributed by atoms with E-state index in [0.717, 1.165) is 6.42 Å². The summed E-state index contributed by atoms with van der Waals surface area (Å²) >= 11 is 0. The van der Waals surface area contributed by atoms with Gasteiger partial charge in [-0.1, -0.05) is 70.6 Å². The van der Waals surface area contributed by atoms with Crippen molar-refractivity contribution in [3.63, 3.8) is 0 Å². The molecule has 0 aliphatic rings. The van der Waals surface area contributed by atoms with Crippen molar-refractivity contribution in [3.8, 4) is 5.75 Å². The maximum absolute atomic E-state index is 11.1. The molecule has 2 nitrogen and oxygen atoms in total. The smallest absolute Gasteiger partial charge is 0.335 e. The molecule has 116 valence electrons. The molecule has 0 aliphatic heterocycles. The Kier molecular flexibility index (Phi) is 9.26. The van der Waals surface area contributed by atoms with Gasteiger partial charge < -0.3 is 4.74 Å². The molecule has 0 heterocycles. The zero-order chi connectivity index (χ0) is 15.3. The molecule has 0 unspecified atom stereocenters. The normalized spacial score (nSPS) is 10.3. The molecule has 21 heavy (non-hydrogen) atoms. The van der Waals surface area contributed by atoms with Crippen molar-refractivity contribution in [1.29, 1.82) is 0 Å². The molecule has 2 heteroatoms. The standard InChI is InChI=1S/C19H28O2/c1-3-5-6-7-8-9-10-11-12-17-13-15-18(16-14-17)21-19(20)4-2/h4,13-16H,2-3,5-12H2,1H3. The van der Waals surface area contributed by atoms with Crippen molar-refractivity contribution < 1.29 is 9.53 Å². The van der Waals surface area contributed by atoms with Crippen molar-refractivity contribution in [1.82, 2.24) is 0 Å². The monoisotopic (exact) mass is 288 g/mol. The minimum absolute atomic E-state index is 0.411. The lowest BCUT2D eigenvalue weighted by atomic mass is 10.0. The van der Waals surface area contributed by atoms with Crippen molar-refractivity contribution in [3.05, 3.63) is 42.5 Å². The number of hydrogen-bond acceptors (Lipinski definition) is 2. The summed E-state index contributed by atoms with van der Waals surface area (Å²) in [5.74, 6) is 0.172. The topological polar surface area (TPSA) is 26.3 Å². The minimum atomic E-state index is -0.411. The van der Waals surface area contributed by atoms with Crippen LogP contribution in [0.25, 0.3) is 0 Å². The SMILES string of the molecule is C=CC(=O)Oc1ccc(CCCCCCCCCC)cc1. The van der Waals surface area contributed by atoms with Gasteiger partial charge in [-0.15, -0.1) is 0 Å². The third kappa shape index (κ3) is 8.34. The van der Waals surface area contributed by atoms with Gasteiger partial charge >= 0.3 is 5.97 Å². The highest BCUT2D eigenvalue weighted by Crippen LogP contribution is 2.15. The molecule has 1 aromatic rings. The quantitative estimate of drug-likeness (QED) is 0.234. The van der Waals surface area contributed by atoms with Crippen LogP contribution >= 0.6 is 0 Å². The zero-order valence-corrected chi connectivity index (χ0v) is 13.3. The fraction of sp³-hybridized carbons (Fsp3) is 0.526. The molecule has 0 saturated heterocycles. The van der Waals surface area contributed by atoms with Gasteiger partial charge in [-0.2, -0.15) is 0 Å². The van der Waals surface area contributed by atoms with E-state index in [0.29, 0.717) is 5.75 Å². The summed E-state index contributed by atoms with van der Waals surface area (Å²) in [4.78, 5) is 11.1. The van der Waals surface area contributed by atoms with Crippen LogP contribution in [0.2, 0.25) is 0 Å². The van der Waals surface area contributed by atoms with E-state index >= 15 is 0 Å². The van der Waals surface area contributed by atoms with Crippen LogP contribution in [0.5, 0.6) is 5.75 Å². The van der Waals surface area contributed by atoms with Crippen molar-refractivity contribution in [2.75, 3.05) is 0 Å². The zero-order valence-electron chi connectivity index (χ0n) is 13.3. The van der Waals surface area contributed by atoms with Crippen molar-refractivity contribution in [2.45, 2.75) is 64.7 Å². The van der Waals surface area contributed by atoms with E-state index in [9.17, 15) is 4.79 Å². The molecule has 0 fully saturated rings. The maximum atomic E-state index is 11.1. The first-order valence-electron chi connectivity index (χ1n) is 8.19. The lowest BCUT2D eigenvalue weighted by molar-refractivity contribution is -0.128. The van der Waals surface area contributed by atoms with Crippen molar-refractivity contribution >= 4 is 5.97 Å². The van der Waals surface area contributed by atoms with Crippen LogP contribution in [0.4, 0.5) is 0 Å². The predicted octanol–water partition coefficient (Wildman–Crippen LogP) is 5.46. The molecular formula is C19H28O2. The third-order valence-electron chi connectivity index (χ3n) is 3.63. The third-order valence-corrected chi connectivity index (χ3v) is 3.63. The van der Waals surface area contributed by atoms with Gasteiger partial charge in [0.1, 0.15) is 5.75 Å². The summed E-state index contributed by atoms with van der Waals surface area (Å²) in [6, 6.07) is 7.77. The van der Waals surface area contributed by atoms with E-state index in [1.807, 2.05) is 24.3 Å². The summed E-state index contributed by atoms with van der Waals surface area (Å²) in [5.41, 5.74) is 1.30. The molecule has 1 aromatic carbocycles. The summed E-state index contributed by atoms with van der Waals surface area (Å²) in [6.07, 6.45) is 13.0. The lowest BCUT2D eigenvalue weighted by Gasteiger charge is -2.04. The minimum Gasteiger partial charge on any atom is -0.423 e. The Morgan fingerprint density at radius 3 is 2.14 bits per heavy atom. The molecule has 0 atom stereocenters. The first-order valence-corrected chi connectivity index (χ1v) is 8.19. The van der Waals surface area contributed by atoms with E-state index in [4.69, 9.17) is 4.74 Å². The Morgan fingerprint density at radius 1 is 1.00 bits per heavy atom. The number of hydrogen-bond donors (Lipinski definition) is 0.